The smallest absolute Gasteiger partial charge is 0.391 e. The van der Waals surface area contributed by atoms with Crippen LogP contribution in [0.1, 0.15) is 335 Å². The Morgan fingerprint density at radius 3 is 0.844 bits per heavy atom. The minimum absolute atomic E-state index is 0.185. The molecule has 7 nitrogen and oxygen atoms in total. The zero-order valence-corrected chi connectivity index (χ0v) is 44.1. The van der Waals surface area contributed by atoms with E-state index < -0.39 is 26.6 Å². The Kier molecular flexibility index (Phi) is 51.5. The molecule has 1 amide bonds. The second kappa shape index (κ2) is 51.9. The Morgan fingerprint density at radius 1 is 0.391 bits per heavy atom. The molecule has 0 radical (unpaired) electrons. The monoisotopic (exact) mass is 928 g/mol. The van der Waals surface area contributed by atoms with Crippen LogP contribution in [0, 0.1) is 0 Å². The van der Waals surface area contributed by atoms with Crippen LogP contribution in [0.2, 0.25) is 0 Å². The van der Waals surface area contributed by atoms with Gasteiger partial charge in [0, 0.05) is 6.42 Å². The number of rotatable bonds is 55. The van der Waals surface area contributed by atoms with Gasteiger partial charge in [-0.25, -0.2) is 4.57 Å². The number of hydrogen-bond acceptors (Lipinski definition) is 4. The van der Waals surface area contributed by atoms with Gasteiger partial charge in [-0.3, -0.25) is 9.32 Å². The molecule has 384 valence electrons. The lowest BCUT2D eigenvalue weighted by molar-refractivity contribution is -0.123. The Morgan fingerprint density at radius 2 is 0.609 bits per heavy atom. The summed E-state index contributed by atoms with van der Waals surface area (Å²) in [5.41, 5.74) is 0. The molecule has 8 heteroatoms. The summed E-state index contributed by atoms with van der Waals surface area (Å²) < 4.78 is 16.1. The number of amides is 1. The number of hydrogen-bond donors (Lipinski definition) is 4. The second-order valence-corrected chi connectivity index (χ2v) is 21.6. The molecule has 0 aromatic rings. The van der Waals surface area contributed by atoms with E-state index in [9.17, 15) is 24.3 Å². The SMILES string of the molecule is CCCCCCCCCCCCCCCCCCCCCCCCCCCCCCCCCCCC(=O)N[C@@H](COP(=O)(O)O)[C@H](O)CCCCCCCCCCCCCCCCC. The van der Waals surface area contributed by atoms with Crippen molar-refractivity contribution in [1.82, 2.24) is 5.32 Å². The molecular formula is C56H114NO6P. The summed E-state index contributed by atoms with van der Waals surface area (Å²) in [6.07, 6.45) is 64.3. The van der Waals surface area contributed by atoms with E-state index >= 15 is 0 Å². The third kappa shape index (κ3) is 52.5. The molecule has 0 unspecified atom stereocenters. The van der Waals surface area contributed by atoms with E-state index in [4.69, 9.17) is 4.52 Å². The highest BCUT2D eigenvalue weighted by Crippen LogP contribution is 2.36. The molecule has 64 heavy (non-hydrogen) atoms. The molecule has 0 saturated carbocycles. The highest BCUT2D eigenvalue weighted by atomic mass is 31.2. The van der Waals surface area contributed by atoms with Crippen LogP contribution in [0.3, 0.4) is 0 Å². The van der Waals surface area contributed by atoms with Crippen molar-refractivity contribution in [3.63, 3.8) is 0 Å². The van der Waals surface area contributed by atoms with E-state index in [0.29, 0.717) is 12.8 Å². The average molecular weight is 929 g/mol. The van der Waals surface area contributed by atoms with E-state index in [2.05, 4.69) is 19.2 Å². The first-order valence-corrected chi connectivity index (χ1v) is 30.5. The van der Waals surface area contributed by atoms with Crippen LogP contribution < -0.4 is 5.32 Å². The fourth-order valence-corrected chi connectivity index (χ4v) is 9.82. The number of carbonyl (C=O) groups is 1. The van der Waals surface area contributed by atoms with E-state index in [1.165, 1.54) is 270 Å². The first-order valence-electron chi connectivity index (χ1n) is 29.0. The first kappa shape index (κ1) is 63.5. The zero-order chi connectivity index (χ0) is 46.7. The Labute approximate surface area is 400 Å². The quantitative estimate of drug-likeness (QED) is 0.0357. The first-order chi connectivity index (χ1) is 31.3. The van der Waals surface area contributed by atoms with Gasteiger partial charge in [-0.1, -0.05) is 316 Å². The van der Waals surface area contributed by atoms with Gasteiger partial charge in [0.1, 0.15) is 0 Å². The summed E-state index contributed by atoms with van der Waals surface area (Å²) in [5.74, 6) is -0.185. The number of aliphatic hydroxyl groups is 1. The van der Waals surface area contributed by atoms with Crippen molar-refractivity contribution in [2.75, 3.05) is 6.61 Å². The van der Waals surface area contributed by atoms with Crippen LogP contribution in [-0.2, 0) is 13.9 Å². The summed E-state index contributed by atoms with van der Waals surface area (Å²) in [6.45, 7) is 4.17. The molecule has 0 spiro atoms. The maximum absolute atomic E-state index is 12.7. The molecule has 0 fully saturated rings. The van der Waals surface area contributed by atoms with Crippen LogP contribution in [-0.4, -0.2) is 39.6 Å². The van der Waals surface area contributed by atoms with Gasteiger partial charge in [-0.2, -0.15) is 0 Å². The van der Waals surface area contributed by atoms with Gasteiger partial charge < -0.3 is 20.2 Å². The van der Waals surface area contributed by atoms with Crippen LogP contribution in [0.4, 0.5) is 0 Å². The average Bonchev–Trinajstić information content (AvgIpc) is 3.27. The maximum Gasteiger partial charge on any atom is 0.469 e. The highest BCUT2D eigenvalue weighted by molar-refractivity contribution is 7.46. The molecule has 4 N–H and O–H groups in total. The largest absolute Gasteiger partial charge is 0.469 e. The number of nitrogens with one attached hydrogen (secondary N) is 1. The summed E-state index contributed by atoms with van der Waals surface area (Å²) in [5, 5.41) is 13.6. The third-order valence-corrected chi connectivity index (χ3v) is 14.3. The molecule has 2 atom stereocenters. The predicted octanol–water partition coefficient (Wildman–Crippen LogP) is 18.5. The number of carbonyl (C=O) groups excluding carboxylic acids is 1. The van der Waals surface area contributed by atoms with E-state index in [-0.39, 0.29) is 5.91 Å². The van der Waals surface area contributed by atoms with E-state index in [1.54, 1.807) is 0 Å². The van der Waals surface area contributed by atoms with Crippen LogP contribution in [0.5, 0.6) is 0 Å². The Balaban J connectivity index is 3.61. The molecular weight excluding hydrogens is 814 g/mol. The number of unbranched alkanes of at least 4 members (excludes halogenated alkanes) is 46. The van der Waals surface area contributed by atoms with Crippen molar-refractivity contribution in [1.29, 1.82) is 0 Å². The molecule has 0 saturated heterocycles. The van der Waals surface area contributed by atoms with Gasteiger partial charge in [-0.15, -0.1) is 0 Å². The topological polar surface area (TPSA) is 116 Å². The summed E-state index contributed by atoms with van der Waals surface area (Å²) in [6, 6.07) is -0.819. The Bertz CT molecular complexity index is 962. The molecule has 0 aromatic heterocycles. The van der Waals surface area contributed by atoms with Crippen molar-refractivity contribution in [2.24, 2.45) is 0 Å². The molecule has 0 aromatic carbocycles. The van der Waals surface area contributed by atoms with Crippen LogP contribution >= 0.6 is 7.82 Å². The van der Waals surface area contributed by atoms with Gasteiger partial charge in [0.05, 0.1) is 18.8 Å². The van der Waals surface area contributed by atoms with Crippen molar-refractivity contribution < 1.29 is 28.8 Å². The second-order valence-electron chi connectivity index (χ2n) is 20.3. The molecule has 0 aliphatic carbocycles. The molecule has 0 heterocycles. The van der Waals surface area contributed by atoms with Gasteiger partial charge in [0.25, 0.3) is 0 Å². The molecule has 0 rings (SSSR count). The molecule has 0 bridgehead atoms. The summed E-state index contributed by atoms with van der Waals surface area (Å²) >= 11 is 0. The lowest BCUT2D eigenvalue weighted by atomic mass is 10.0. The standard InChI is InChI=1S/C56H114NO6P/c1-3-5-7-9-11-13-15-17-19-20-21-22-23-24-25-26-27-28-29-30-31-32-33-34-35-36-38-40-42-44-46-48-50-52-56(59)57-54(53-63-64(60,61)62)55(58)51-49-47-45-43-41-39-37-18-16-14-12-10-8-6-4-2/h54-55,58H,3-53H2,1-2H3,(H,57,59)(H2,60,61,62)/t54-,55+/m0/s1. The lowest BCUT2D eigenvalue weighted by Gasteiger charge is -2.24. The third-order valence-electron chi connectivity index (χ3n) is 13.8. The minimum atomic E-state index is -4.69. The zero-order valence-electron chi connectivity index (χ0n) is 43.2. The van der Waals surface area contributed by atoms with Gasteiger partial charge in [-0.05, 0) is 12.8 Å². The van der Waals surface area contributed by atoms with Gasteiger partial charge >= 0.3 is 7.82 Å². The Hall–Kier alpha value is -0.460. The van der Waals surface area contributed by atoms with Crippen LogP contribution in [0.25, 0.3) is 0 Å². The molecule has 0 aliphatic rings. The summed E-state index contributed by atoms with van der Waals surface area (Å²) in [7, 11) is -4.69. The van der Waals surface area contributed by atoms with Crippen molar-refractivity contribution in [3.05, 3.63) is 0 Å². The maximum atomic E-state index is 12.7. The fraction of sp³-hybridized carbons (Fsp3) is 0.982. The van der Waals surface area contributed by atoms with Crippen molar-refractivity contribution in [2.45, 2.75) is 347 Å². The predicted molar refractivity (Wildman–Crippen MR) is 278 cm³/mol. The number of aliphatic hydroxyl groups excluding tert-OH is 1. The molecule has 0 aliphatic heterocycles. The number of phosphoric acid groups is 1. The highest BCUT2D eigenvalue weighted by Gasteiger charge is 2.25. The lowest BCUT2D eigenvalue weighted by Crippen LogP contribution is -2.46. The normalized spacial score (nSPS) is 12.9. The minimum Gasteiger partial charge on any atom is -0.391 e. The van der Waals surface area contributed by atoms with Crippen molar-refractivity contribution in [3.8, 4) is 0 Å². The van der Waals surface area contributed by atoms with E-state index in [1.807, 2.05) is 0 Å². The van der Waals surface area contributed by atoms with Crippen LogP contribution in [0.15, 0.2) is 0 Å². The van der Waals surface area contributed by atoms with Crippen molar-refractivity contribution >= 4 is 13.7 Å². The van der Waals surface area contributed by atoms with Gasteiger partial charge in [0.2, 0.25) is 5.91 Å². The summed E-state index contributed by atoms with van der Waals surface area (Å²) in [4.78, 5) is 31.1. The van der Waals surface area contributed by atoms with E-state index in [0.717, 1.165) is 38.5 Å². The number of phosphoric ester groups is 1. The fourth-order valence-electron chi connectivity index (χ4n) is 9.47. The van der Waals surface area contributed by atoms with Gasteiger partial charge in [0.15, 0.2) is 0 Å².